The summed E-state index contributed by atoms with van der Waals surface area (Å²) in [5, 5.41) is 0. The molecule has 88 valence electrons. The average molecular weight is 220 g/mol. The summed E-state index contributed by atoms with van der Waals surface area (Å²) in [6.07, 6.45) is 6.12. The Labute approximate surface area is 97.3 Å². The average Bonchev–Trinajstić information content (AvgIpc) is 2.78. The molecule has 0 radical (unpaired) electrons. The van der Waals surface area contributed by atoms with Crippen LogP contribution in [-0.2, 0) is 9.47 Å². The van der Waals surface area contributed by atoms with E-state index in [1.807, 2.05) is 13.8 Å². The smallest absolute Gasteiger partial charge is 0.163 e. The van der Waals surface area contributed by atoms with Gasteiger partial charge in [-0.25, -0.2) is 0 Å². The van der Waals surface area contributed by atoms with Crippen molar-refractivity contribution >= 4 is 0 Å². The van der Waals surface area contributed by atoms with E-state index in [-0.39, 0.29) is 12.2 Å². The fourth-order valence-corrected chi connectivity index (χ4v) is 3.40. The van der Waals surface area contributed by atoms with Crippen LogP contribution in [0.5, 0.6) is 0 Å². The summed E-state index contributed by atoms with van der Waals surface area (Å²) in [4.78, 5) is 0. The van der Waals surface area contributed by atoms with Crippen LogP contribution in [0.25, 0.3) is 0 Å². The molecule has 16 heavy (non-hydrogen) atoms. The van der Waals surface area contributed by atoms with Crippen molar-refractivity contribution in [1.82, 2.24) is 0 Å². The summed E-state index contributed by atoms with van der Waals surface area (Å²) in [6, 6.07) is 0. The van der Waals surface area contributed by atoms with E-state index in [4.69, 9.17) is 9.47 Å². The molecule has 1 heterocycles. The van der Waals surface area contributed by atoms with Crippen molar-refractivity contribution in [2.24, 2.45) is 11.8 Å². The molecule has 0 aromatic rings. The van der Waals surface area contributed by atoms with Gasteiger partial charge in [0.25, 0.3) is 0 Å². The van der Waals surface area contributed by atoms with Crippen LogP contribution < -0.4 is 0 Å². The highest BCUT2D eigenvalue weighted by Gasteiger charge is 2.50. The molecule has 0 aromatic heterocycles. The fraction of sp³-hybridized carbons (Fsp3) is 0.714. The number of hydrogen-bond acceptors (Lipinski definition) is 2. The Morgan fingerprint density at radius 3 is 2.44 bits per heavy atom. The van der Waals surface area contributed by atoms with Crippen molar-refractivity contribution in [2.75, 3.05) is 0 Å². The maximum atomic E-state index is 6.06. The van der Waals surface area contributed by atoms with Gasteiger partial charge < -0.3 is 9.47 Å². The normalized spacial score (nSPS) is 44.8. The summed E-state index contributed by atoms with van der Waals surface area (Å²) in [5.41, 5.74) is 3.06. The van der Waals surface area contributed by atoms with Gasteiger partial charge in [0.2, 0.25) is 0 Å². The number of hydrogen-bond donors (Lipinski definition) is 0. The van der Waals surface area contributed by atoms with Crippen LogP contribution in [0.2, 0.25) is 0 Å². The van der Waals surface area contributed by atoms with E-state index >= 15 is 0 Å². The van der Waals surface area contributed by atoms with Crippen molar-refractivity contribution in [3.63, 3.8) is 0 Å². The highest BCUT2D eigenvalue weighted by atomic mass is 16.8. The minimum absolute atomic E-state index is 0.228. The number of fused-ring (bicyclic) bond motifs is 1. The Morgan fingerprint density at radius 2 is 1.75 bits per heavy atom. The zero-order chi connectivity index (χ0) is 11.5. The molecule has 0 aromatic carbocycles. The van der Waals surface area contributed by atoms with Gasteiger partial charge in [0.1, 0.15) is 0 Å². The second-order valence-corrected chi connectivity index (χ2v) is 5.73. The molecular weight excluding hydrogens is 200 g/mol. The summed E-state index contributed by atoms with van der Waals surface area (Å²) >= 11 is 0. The highest BCUT2D eigenvalue weighted by molar-refractivity contribution is 5.40. The Morgan fingerprint density at radius 1 is 1.12 bits per heavy atom. The van der Waals surface area contributed by atoms with E-state index in [2.05, 4.69) is 26.0 Å². The second kappa shape index (κ2) is 3.21. The maximum Gasteiger partial charge on any atom is 0.163 e. The molecule has 0 spiro atoms. The van der Waals surface area contributed by atoms with Crippen molar-refractivity contribution in [2.45, 2.75) is 52.1 Å². The van der Waals surface area contributed by atoms with Crippen LogP contribution >= 0.6 is 0 Å². The van der Waals surface area contributed by atoms with Gasteiger partial charge in [-0.2, -0.15) is 0 Å². The molecular formula is C14H20O2. The first-order valence-corrected chi connectivity index (χ1v) is 6.25. The van der Waals surface area contributed by atoms with Gasteiger partial charge in [-0.15, -0.1) is 0 Å². The molecule has 0 amide bonds. The monoisotopic (exact) mass is 220 g/mol. The maximum absolute atomic E-state index is 6.06. The van der Waals surface area contributed by atoms with Crippen molar-refractivity contribution in [1.29, 1.82) is 0 Å². The minimum Gasteiger partial charge on any atom is -0.344 e. The van der Waals surface area contributed by atoms with E-state index in [0.29, 0.717) is 11.8 Å². The first kappa shape index (κ1) is 10.5. The van der Waals surface area contributed by atoms with Crippen LogP contribution in [0.15, 0.2) is 23.3 Å². The van der Waals surface area contributed by atoms with Gasteiger partial charge in [0, 0.05) is 11.8 Å². The van der Waals surface area contributed by atoms with Gasteiger partial charge in [0.05, 0.1) is 12.2 Å². The lowest BCUT2D eigenvalue weighted by Crippen LogP contribution is -2.40. The Balaban J connectivity index is 1.98. The lowest BCUT2D eigenvalue weighted by molar-refractivity contribution is -0.150. The van der Waals surface area contributed by atoms with E-state index in [0.717, 1.165) is 6.42 Å². The predicted molar refractivity (Wildman–Crippen MR) is 62.9 cm³/mol. The van der Waals surface area contributed by atoms with Crippen LogP contribution in [-0.4, -0.2) is 18.0 Å². The second-order valence-electron chi connectivity index (χ2n) is 5.73. The molecule has 0 unspecified atom stereocenters. The summed E-state index contributed by atoms with van der Waals surface area (Å²) < 4.78 is 12.1. The van der Waals surface area contributed by atoms with Crippen molar-refractivity contribution in [3.8, 4) is 0 Å². The van der Waals surface area contributed by atoms with Gasteiger partial charge >= 0.3 is 0 Å². The minimum atomic E-state index is -0.415. The molecule has 2 aliphatic carbocycles. The van der Waals surface area contributed by atoms with Gasteiger partial charge in [-0.05, 0) is 25.8 Å². The first-order valence-electron chi connectivity index (χ1n) is 6.25. The molecule has 1 fully saturated rings. The van der Waals surface area contributed by atoms with Crippen LogP contribution in [0.4, 0.5) is 0 Å². The number of rotatable bonds is 0. The molecule has 3 rings (SSSR count). The molecule has 0 N–H and O–H groups in total. The third-order valence-electron chi connectivity index (χ3n) is 4.20. The fourth-order valence-electron chi connectivity index (χ4n) is 3.40. The van der Waals surface area contributed by atoms with E-state index in [1.165, 1.54) is 5.57 Å². The zero-order valence-corrected chi connectivity index (χ0v) is 10.5. The Kier molecular flexibility index (Phi) is 2.11. The number of ether oxygens (including phenoxy) is 2. The quantitative estimate of drug-likeness (QED) is 0.624. The van der Waals surface area contributed by atoms with Crippen LogP contribution in [0, 0.1) is 11.8 Å². The van der Waals surface area contributed by atoms with Gasteiger partial charge in [-0.1, -0.05) is 31.6 Å². The molecule has 3 aliphatic rings. The molecule has 2 nitrogen and oxygen atoms in total. The van der Waals surface area contributed by atoms with Crippen LogP contribution in [0.3, 0.4) is 0 Å². The van der Waals surface area contributed by atoms with E-state index < -0.39 is 5.79 Å². The standard InChI is InChI=1S/C14H20O2/c1-8-10-6-5-7-11(10)9(2)13-12(8)15-14(3,4)16-13/h5-6,8-9,12-13H,7H2,1-4H3/t8-,9-,12-,13-/m0/s1. The topological polar surface area (TPSA) is 18.5 Å². The lowest BCUT2D eigenvalue weighted by Gasteiger charge is -2.35. The van der Waals surface area contributed by atoms with Crippen LogP contribution in [0.1, 0.15) is 34.1 Å². The predicted octanol–water partition coefficient (Wildman–Crippen LogP) is 3.05. The summed E-state index contributed by atoms with van der Waals surface area (Å²) in [6.45, 7) is 8.58. The van der Waals surface area contributed by atoms with Crippen molar-refractivity contribution in [3.05, 3.63) is 23.3 Å². The molecule has 1 aliphatic heterocycles. The van der Waals surface area contributed by atoms with Gasteiger partial charge in [-0.3, -0.25) is 0 Å². The SMILES string of the molecule is C[C@H]1C2=C(CC=C2)[C@H](C)[C@@H]2OC(C)(C)O[C@H]21. The largest absolute Gasteiger partial charge is 0.344 e. The van der Waals surface area contributed by atoms with E-state index in [1.54, 1.807) is 5.57 Å². The van der Waals surface area contributed by atoms with Crippen molar-refractivity contribution < 1.29 is 9.47 Å². The molecule has 0 bridgehead atoms. The zero-order valence-electron chi connectivity index (χ0n) is 10.5. The number of allylic oxidation sites excluding steroid dienone is 2. The molecule has 1 saturated heterocycles. The summed E-state index contributed by atoms with van der Waals surface area (Å²) in [5.74, 6) is 0.547. The third kappa shape index (κ3) is 1.33. The van der Waals surface area contributed by atoms with E-state index in [9.17, 15) is 0 Å². The highest BCUT2D eigenvalue weighted by Crippen LogP contribution is 2.47. The molecule has 2 heteroatoms. The van der Waals surface area contributed by atoms with Gasteiger partial charge in [0.15, 0.2) is 5.79 Å². The third-order valence-corrected chi connectivity index (χ3v) is 4.20. The lowest BCUT2D eigenvalue weighted by atomic mass is 9.75. The molecule has 0 saturated carbocycles. The Bertz CT molecular complexity index is 378. The molecule has 4 atom stereocenters. The summed E-state index contributed by atoms with van der Waals surface area (Å²) in [7, 11) is 0. The first-order chi connectivity index (χ1) is 7.49. The Hall–Kier alpha value is -0.600.